The Morgan fingerprint density at radius 1 is 1.57 bits per heavy atom. The highest BCUT2D eigenvalue weighted by atomic mass is 35.5. The van der Waals surface area contributed by atoms with Crippen LogP contribution in [0.3, 0.4) is 0 Å². The van der Waals surface area contributed by atoms with Crippen LogP contribution in [-0.2, 0) is 0 Å². The van der Waals surface area contributed by atoms with E-state index >= 15 is 0 Å². The maximum absolute atomic E-state index is 5.70. The molecule has 4 nitrogen and oxygen atoms in total. The number of hydrogen-bond donors (Lipinski definition) is 1. The van der Waals surface area contributed by atoms with Crippen molar-refractivity contribution in [3.05, 3.63) is 17.5 Å². The molecule has 1 saturated heterocycles. The van der Waals surface area contributed by atoms with Crippen LogP contribution in [0, 0.1) is 5.92 Å². The van der Waals surface area contributed by atoms with E-state index in [1.165, 1.54) is 12.7 Å². The molecule has 14 heavy (non-hydrogen) atoms. The van der Waals surface area contributed by atoms with Crippen molar-refractivity contribution in [2.75, 3.05) is 19.7 Å². The van der Waals surface area contributed by atoms with Gasteiger partial charge in [-0.3, -0.25) is 0 Å². The highest BCUT2D eigenvalue weighted by molar-refractivity contribution is 6.29. The van der Waals surface area contributed by atoms with Crippen LogP contribution >= 0.6 is 11.6 Å². The number of aromatic nitrogens is 2. The Morgan fingerprint density at radius 2 is 2.50 bits per heavy atom. The Morgan fingerprint density at radius 3 is 3.21 bits per heavy atom. The van der Waals surface area contributed by atoms with Crippen molar-refractivity contribution < 1.29 is 4.74 Å². The minimum absolute atomic E-state index is 0.416. The first kappa shape index (κ1) is 9.68. The minimum atomic E-state index is 0.416. The predicted molar refractivity (Wildman–Crippen MR) is 53.5 cm³/mol. The third-order valence-electron chi connectivity index (χ3n) is 2.24. The first-order valence-electron chi connectivity index (χ1n) is 4.65. The van der Waals surface area contributed by atoms with E-state index in [4.69, 9.17) is 16.3 Å². The van der Waals surface area contributed by atoms with Crippen molar-refractivity contribution in [1.82, 2.24) is 15.3 Å². The van der Waals surface area contributed by atoms with Crippen LogP contribution in [0.25, 0.3) is 0 Å². The first-order valence-corrected chi connectivity index (χ1v) is 5.03. The molecule has 1 N–H and O–H groups in total. The van der Waals surface area contributed by atoms with Crippen LogP contribution in [0.15, 0.2) is 12.4 Å². The molecule has 1 aromatic heterocycles. The molecule has 76 valence electrons. The van der Waals surface area contributed by atoms with Gasteiger partial charge in [0.2, 0.25) is 5.88 Å². The van der Waals surface area contributed by atoms with Gasteiger partial charge in [0.25, 0.3) is 0 Å². The Balaban J connectivity index is 1.85. The minimum Gasteiger partial charge on any atom is -0.477 e. The molecule has 0 saturated carbocycles. The second kappa shape index (κ2) is 4.57. The van der Waals surface area contributed by atoms with Crippen molar-refractivity contribution in [3.8, 4) is 5.88 Å². The van der Waals surface area contributed by atoms with Crippen LogP contribution in [0.2, 0.25) is 5.15 Å². The normalized spacial score (nSPS) is 21.1. The molecule has 0 amide bonds. The van der Waals surface area contributed by atoms with Gasteiger partial charge < -0.3 is 10.1 Å². The molecular weight excluding hydrogens is 202 g/mol. The van der Waals surface area contributed by atoms with Gasteiger partial charge in [0.15, 0.2) is 0 Å². The lowest BCUT2D eigenvalue weighted by atomic mass is 10.1. The van der Waals surface area contributed by atoms with Crippen molar-refractivity contribution >= 4 is 11.6 Å². The SMILES string of the molecule is Clc1cc(OC[C@H]2CCNC2)ncn1. The molecule has 1 aliphatic heterocycles. The number of ether oxygens (including phenoxy) is 1. The van der Waals surface area contributed by atoms with Gasteiger partial charge in [-0.05, 0) is 13.0 Å². The largest absolute Gasteiger partial charge is 0.477 e. The highest BCUT2D eigenvalue weighted by Crippen LogP contribution is 2.14. The van der Waals surface area contributed by atoms with E-state index < -0.39 is 0 Å². The predicted octanol–water partition coefficient (Wildman–Crippen LogP) is 1.12. The third kappa shape index (κ3) is 2.56. The highest BCUT2D eigenvalue weighted by Gasteiger charge is 2.15. The Bertz CT molecular complexity index is 302. The lowest BCUT2D eigenvalue weighted by Crippen LogP contribution is -2.15. The number of hydrogen-bond acceptors (Lipinski definition) is 4. The van der Waals surface area contributed by atoms with Gasteiger partial charge >= 0.3 is 0 Å². The third-order valence-corrected chi connectivity index (χ3v) is 2.44. The number of nitrogens with one attached hydrogen (secondary N) is 1. The fourth-order valence-corrected chi connectivity index (χ4v) is 1.59. The molecule has 0 radical (unpaired) electrons. The summed E-state index contributed by atoms with van der Waals surface area (Å²) in [5.74, 6) is 1.14. The second-order valence-electron chi connectivity index (χ2n) is 3.35. The van der Waals surface area contributed by atoms with E-state index in [2.05, 4.69) is 15.3 Å². The zero-order valence-electron chi connectivity index (χ0n) is 7.74. The van der Waals surface area contributed by atoms with Gasteiger partial charge in [-0.2, -0.15) is 0 Å². The monoisotopic (exact) mass is 213 g/mol. The number of halogens is 1. The van der Waals surface area contributed by atoms with Gasteiger partial charge in [0.05, 0.1) is 6.61 Å². The van der Waals surface area contributed by atoms with Crippen LogP contribution in [0.1, 0.15) is 6.42 Å². The molecular formula is C9H12ClN3O. The zero-order valence-corrected chi connectivity index (χ0v) is 8.50. The summed E-state index contributed by atoms with van der Waals surface area (Å²) in [6.45, 7) is 2.80. The van der Waals surface area contributed by atoms with Crippen molar-refractivity contribution in [2.45, 2.75) is 6.42 Å². The van der Waals surface area contributed by atoms with Gasteiger partial charge in [-0.1, -0.05) is 11.6 Å². The van der Waals surface area contributed by atoms with Crippen LogP contribution in [0.4, 0.5) is 0 Å². The number of nitrogens with zero attached hydrogens (tertiary/aromatic N) is 2. The second-order valence-corrected chi connectivity index (χ2v) is 3.74. The van der Waals surface area contributed by atoms with E-state index in [-0.39, 0.29) is 0 Å². The zero-order chi connectivity index (χ0) is 9.80. The van der Waals surface area contributed by atoms with Crippen molar-refractivity contribution in [2.24, 2.45) is 5.92 Å². The average molecular weight is 214 g/mol. The van der Waals surface area contributed by atoms with Crippen molar-refractivity contribution in [1.29, 1.82) is 0 Å². The van der Waals surface area contributed by atoms with E-state index in [9.17, 15) is 0 Å². The average Bonchev–Trinajstić information content (AvgIpc) is 2.67. The van der Waals surface area contributed by atoms with Crippen LogP contribution in [0.5, 0.6) is 5.88 Å². The van der Waals surface area contributed by atoms with Gasteiger partial charge in [0, 0.05) is 18.5 Å². The smallest absolute Gasteiger partial charge is 0.217 e. The lowest BCUT2D eigenvalue weighted by molar-refractivity contribution is 0.250. The molecule has 0 bridgehead atoms. The van der Waals surface area contributed by atoms with Crippen LogP contribution < -0.4 is 10.1 Å². The maximum atomic E-state index is 5.70. The van der Waals surface area contributed by atoms with Crippen LogP contribution in [-0.4, -0.2) is 29.7 Å². The number of rotatable bonds is 3. The molecule has 5 heteroatoms. The molecule has 1 fully saturated rings. The van der Waals surface area contributed by atoms with E-state index in [1.807, 2.05) is 0 Å². The van der Waals surface area contributed by atoms with E-state index in [0.717, 1.165) is 13.1 Å². The summed E-state index contributed by atoms with van der Waals surface area (Å²) >= 11 is 5.70. The molecule has 0 spiro atoms. The van der Waals surface area contributed by atoms with Gasteiger partial charge in [0.1, 0.15) is 11.5 Å². The Labute approximate surface area is 87.7 Å². The fraction of sp³-hybridized carbons (Fsp3) is 0.556. The van der Waals surface area contributed by atoms with Gasteiger partial charge in [-0.25, -0.2) is 9.97 Å². The summed E-state index contributed by atoms with van der Waals surface area (Å²) in [5, 5.41) is 3.70. The summed E-state index contributed by atoms with van der Waals surface area (Å²) in [6.07, 6.45) is 2.57. The lowest BCUT2D eigenvalue weighted by Gasteiger charge is -2.09. The Kier molecular flexibility index (Phi) is 3.16. The van der Waals surface area contributed by atoms with E-state index in [1.54, 1.807) is 6.07 Å². The molecule has 1 aliphatic rings. The molecule has 1 atom stereocenters. The van der Waals surface area contributed by atoms with E-state index in [0.29, 0.717) is 23.6 Å². The topological polar surface area (TPSA) is 47.0 Å². The summed E-state index contributed by atoms with van der Waals surface area (Å²) in [4.78, 5) is 7.74. The van der Waals surface area contributed by atoms with Gasteiger partial charge in [-0.15, -0.1) is 0 Å². The first-order chi connectivity index (χ1) is 6.84. The quantitative estimate of drug-likeness (QED) is 0.765. The molecule has 0 unspecified atom stereocenters. The fourth-order valence-electron chi connectivity index (χ4n) is 1.46. The molecule has 1 aromatic rings. The summed E-state index contributed by atoms with van der Waals surface area (Å²) < 4.78 is 5.50. The maximum Gasteiger partial charge on any atom is 0.217 e. The molecule has 2 heterocycles. The summed E-state index contributed by atoms with van der Waals surface area (Å²) in [7, 11) is 0. The molecule has 0 aromatic carbocycles. The standard InChI is InChI=1S/C9H12ClN3O/c10-8-3-9(13-6-12-8)14-5-7-1-2-11-4-7/h3,6-7,11H,1-2,4-5H2/t7-/m0/s1. The Hall–Kier alpha value is -0.870. The summed E-state index contributed by atoms with van der Waals surface area (Å²) in [6, 6.07) is 1.63. The molecule has 2 rings (SSSR count). The summed E-state index contributed by atoms with van der Waals surface area (Å²) in [5.41, 5.74) is 0. The molecule has 0 aliphatic carbocycles. The van der Waals surface area contributed by atoms with Crippen molar-refractivity contribution in [3.63, 3.8) is 0 Å².